The van der Waals surface area contributed by atoms with Gasteiger partial charge in [-0.25, -0.2) is 0 Å². The molecule has 2 unspecified atom stereocenters. The van der Waals surface area contributed by atoms with E-state index in [1.54, 1.807) is 24.3 Å². The monoisotopic (exact) mass is 261 g/mol. The van der Waals surface area contributed by atoms with Gasteiger partial charge >= 0.3 is 0 Å². The van der Waals surface area contributed by atoms with Crippen LogP contribution in [0.4, 0.5) is 0 Å². The maximum Gasteiger partial charge on any atom is 0.0815 e. The molecule has 3 nitrogen and oxygen atoms in total. The number of rotatable bonds is 6. The summed E-state index contributed by atoms with van der Waals surface area (Å²) in [4.78, 5) is 0.714. The minimum atomic E-state index is -1.11. The first-order valence-corrected chi connectivity index (χ1v) is 6.82. The van der Waals surface area contributed by atoms with Crippen LogP contribution < -0.4 is 5.73 Å². The summed E-state index contributed by atoms with van der Waals surface area (Å²) in [6, 6.07) is 7.04. The standard InChI is InChI=1S/C11H16ClNO2S/c1-2-15-10(7-13)8-16(14)11-5-3-4-9(12)6-11/h3-6,10H,2,7-8,13H2,1H3. The highest BCUT2D eigenvalue weighted by atomic mass is 35.5. The fourth-order valence-corrected chi connectivity index (χ4v) is 2.80. The van der Waals surface area contributed by atoms with Crippen LogP contribution in [-0.2, 0) is 15.5 Å². The first-order valence-electron chi connectivity index (χ1n) is 5.13. The van der Waals surface area contributed by atoms with E-state index in [1.807, 2.05) is 6.92 Å². The van der Waals surface area contributed by atoms with Crippen molar-refractivity contribution in [1.29, 1.82) is 0 Å². The predicted molar refractivity (Wildman–Crippen MR) is 67.2 cm³/mol. The van der Waals surface area contributed by atoms with Gasteiger partial charge in [-0.3, -0.25) is 4.21 Å². The highest BCUT2D eigenvalue weighted by molar-refractivity contribution is 7.85. The molecule has 1 aromatic carbocycles. The maximum absolute atomic E-state index is 12.0. The summed E-state index contributed by atoms with van der Waals surface area (Å²) in [5.41, 5.74) is 5.53. The second-order valence-electron chi connectivity index (χ2n) is 3.28. The molecule has 0 radical (unpaired) electrons. The summed E-state index contributed by atoms with van der Waals surface area (Å²) < 4.78 is 17.3. The van der Waals surface area contributed by atoms with Crippen LogP contribution in [0.25, 0.3) is 0 Å². The van der Waals surface area contributed by atoms with Gasteiger partial charge in [-0.1, -0.05) is 17.7 Å². The van der Waals surface area contributed by atoms with E-state index in [0.29, 0.717) is 28.8 Å². The zero-order valence-electron chi connectivity index (χ0n) is 9.19. The van der Waals surface area contributed by atoms with E-state index in [9.17, 15) is 4.21 Å². The summed E-state index contributed by atoms with van der Waals surface area (Å²) in [6.07, 6.45) is -0.162. The average Bonchev–Trinajstić information content (AvgIpc) is 2.28. The lowest BCUT2D eigenvalue weighted by Crippen LogP contribution is -2.29. The Balaban J connectivity index is 2.64. The van der Waals surface area contributed by atoms with Crippen LogP contribution in [0.1, 0.15) is 6.92 Å². The molecule has 0 aliphatic rings. The van der Waals surface area contributed by atoms with Crippen LogP contribution in [0.15, 0.2) is 29.2 Å². The smallest absolute Gasteiger partial charge is 0.0815 e. The van der Waals surface area contributed by atoms with Crippen molar-refractivity contribution in [1.82, 2.24) is 0 Å². The molecular formula is C11H16ClNO2S. The van der Waals surface area contributed by atoms with Gasteiger partial charge in [0.2, 0.25) is 0 Å². The van der Waals surface area contributed by atoms with E-state index in [-0.39, 0.29) is 6.10 Å². The Morgan fingerprint density at radius 2 is 2.31 bits per heavy atom. The molecular weight excluding hydrogens is 246 g/mol. The summed E-state index contributed by atoms with van der Waals surface area (Å²) in [6.45, 7) is 2.85. The lowest BCUT2D eigenvalue weighted by Gasteiger charge is -2.14. The molecule has 0 amide bonds. The third-order valence-electron chi connectivity index (χ3n) is 2.06. The Morgan fingerprint density at radius 3 is 2.88 bits per heavy atom. The van der Waals surface area contributed by atoms with Crippen molar-refractivity contribution in [3.05, 3.63) is 29.3 Å². The van der Waals surface area contributed by atoms with E-state index in [1.165, 1.54) is 0 Å². The van der Waals surface area contributed by atoms with Crippen LogP contribution >= 0.6 is 11.6 Å². The van der Waals surface area contributed by atoms with Crippen molar-refractivity contribution in [3.8, 4) is 0 Å². The number of hydrogen-bond acceptors (Lipinski definition) is 3. The van der Waals surface area contributed by atoms with Crippen LogP contribution in [0.2, 0.25) is 5.02 Å². The molecule has 0 heterocycles. The van der Waals surface area contributed by atoms with Gasteiger partial charge in [-0.2, -0.15) is 0 Å². The first kappa shape index (κ1) is 13.6. The van der Waals surface area contributed by atoms with Crippen LogP contribution in [0.3, 0.4) is 0 Å². The first-order chi connectivity index (χ1) is 7.67. The number of nitrogens with two attached hydrogens (primary N) is 1. The Morgan fingerprint density at radius 1 is 1.56 bits per heavy atom. The van der Waals surface area contributed by atoms with Crippen molar-refractivity contribution < 1.29 is 8.95 Å². The molecule has 1 rings (SSSR count). The molecule has 0 aromatic heterocycles. The van der Waals surface area contributed by atoms with Crippen molar-refractivity contribution in [2.45, 2.75) is 17.9 Å². The van der Waals surface area contributed by atoms with Gasteiger partial charge < -0.3 is 10.5 Å². The van der Waals surface area contributed by atoms with Gasteiger partial charge in [0, 0.05) is 23.1 Å². The molecule has 0 spiro atoms. The van der Waals surface area contributed by atoms with Gasteiger partial charge in [-0.15, -0.1) is 0 Å². The molecule has 0 fully saturated rings. The van der Waals surface area contributed by atoms with Gasteiger partial charge in [0.1, 0.15) is 0 Å². The average molecular weight is 262 g/mol. The lowest BCUT2D eigenvalue weighted by molar-refractivity contribution is 0.0852. The lowest BCUT2D eigenvalue weighted by atomic mass is 10.4. The zero-order valence-corrected chi connectivity index (χ0v) is 10.8. The summed E-state index contributed by atoms with van der Waals surface area (Å²) in [7, 11) is -1.11. The number of hydrogen-bond donors (Lipinski definition) is 1. The normalized spacial score (nSPS) is 14.7. The second kappa shape index (κ2) is 7.01. The molecule has 0 saturated carbocycles. The van der Waals surface area contributed by atoms with Crippen molar-refractivity contribution >= 4 is 22.4 Å². The quantitative estimate of drug-likeness (QED) is 0.850. The maximum atomic E-state index is 12.0. The molecule has 1 aromatic rings. The number of ether oxygens (including phenoxy) is 1. The molecule has 0 aliphatic heterocycles. The highest BCUT2D eigenvalue weighted by Gasteiger charge is 2.12. The molecule has 0 aliphatic carbocycles. The van der Waals surface area contributed by atoms with E-state index in [2.05, 4.69) is 0 Å². The Kier molecular flexibility index (Phi) is 5.98. The predicted octanol–water partition coefficient (Wildman–Crippen LogP) is 1.81. The highest BCUT2D eigenvalue weighted by Crippen LogP contribution is 2.15. The molecule has 0 saturated heterocycles. The molecule has 2 N–H and O–H groups in total. The number of halogens is 1. The number of benzene rings is 1. The van der Waals surface area contributed by atoms with Crippen molar-refractivity contribution in [3.63, 3.8) is 0 Å². The van der Waals surface area contributed by atoms with Gasteiger partial charge in [0.25, 0.3) is 0 Å². The van der Waals surface area contributed by atoms with Crippen LogP contribution in [-0.4, -0.2) is 29.2 Å². The Hall–Kier alpha value is -0.420. The Labute approximate surface area is 103 Å². The van der Waals surface area contributed by atoms with Crippen molar-refractivity contribution in [2.24, 2.45) is 5.73 Å². The van der Waals surface area contributed by atoms with E-state index in [0.717, 1.165) is 0 Å². The summed E-state index contributed by atoms with van der Waals surface area (Å²) in [5, 5.41) is 0.589. The van der Waals surface area contributed by atoms with E-state index in [4.69, 9.17) is 22.1 Å². The fraction of sp³-hybridized carbons (Fsp3) is 0.455. The van der Waals surface area contributed by atoms with Crippen LogP contribution in [0, 0.1) is 0 Å². The Bertz CT molecular complexity index is 360. The third-order valence-corrected chi connectivity index (χ3v) is 3.75. The van der Waals surface area contributed by atoms with E-state index < -0.39 is 10.8 Å². The SMILES string of the molecule is CCOC(CN)CS(=O)c1cccc(Cl)c1. The minimum Gasteiger partial charge on any atom is -0.376 e. The molecule has 0 bridgehead atoms. The summed E-state index contributed by atoms with van der Waals surface area (Å²) >= 11 is 5.83. The largest absolute Gasteiger partial charge is 0.376 e. The second-order valence-corrected chi connectivity index (χ2v) is 5.21. The van der Waals surface area contributed by atoms with E-state index >= 15 is 0 Å². The molecule has 5 heteroatoms. The molecule has 2 atom stereocenters. The summed E-state index contributed by atoms with van der Waals surface area (Å²) in [5.74, 6) is 0.407. The molecule has 16 heavy (non-hydrogen) atoms. The van der Waals surface area contributed by atoms with Crippen LogP contribution in [0.5, 0.6) is 0 Å². The fourth-order valence-electron chi connectivity index (χ4n) is 1.29. The van der Waals surface area contributed by atoms with Crippen molar-refractivity contribution in [2.75, 3.05) is 18.9 Å². The van der Waals surface area contributed by atoms with Gasteiger partial charge in [0.05, 0.1) is 22.7 Å². The van der Waals surface area contributed by atoms with Gasteiger partial charge in [0.15, 0.2) is 0 Å². The van der Waals surface area contributed by atoms with Gasteiger partial charge in [-0.05, 0) is 25.1 Å². The topological polar surface area (TPSA) is 52.3 Å². The third kappa shape index (κ3) is 4.22. The minimum absolute atomic E-state index is 0.162. The molecule has 90 valence electrons. The zero-order chi connectivity index (χ0) is 12.0.